The molecule has 0 radical (unpaired) electrons. The lowest BCUT2D eigenvalue weighted by atomic mass is 9.62. The van der Waals surface area contributed by atoms with Crippen LogP contribution in [0.1, 0.15) is 48.0 Å². The zero-order valence-electron chi connectivity index (χ0n) is 10.0. The third kappa shape index (κ3) is 3.28. The van der Waals surface area contributed by atoms with E-state index < -0.39 is 0 Å². The van der Waals surface area contributed by atoms with E-state index in [9.17, 15) is 0 Å². The molecule has 2 heteroatoms. The standard InChI is InChI=1S/C11H26N2/c1-8(7-9(12)13)11(5,6)10(2,3)4/h8-9H,7,12-13H2,1-6H3. The maximum atomic E-state index is 5.61. The fourth-order valence-electron chi connectivity index (χ4n) is 1.44. The molecule has 0 aromatic carbocycles. The van der Waals surface area contributed by atoms with Crippen LogP contribution in [0, 0.1) is 16.7 Å². The van der Waals surface area contributed by atoms with Gasteiger partial charge in [-0.1, -0.05) is 41.5 Å². The molecule has 1 unspecified atom stereocenters. The van der Waals surface area contributed by atoms with E-state index in [1.54, 1.807) is 0 Å². The second-order valence-corrected chi connectivity index (χ2v) is 5.77. The van der Waals surface area contributed by atoms with Gasteiger partial charge in [0.1, 0.15) is 0 Å². The van der Waals surface area contributed by atoms with Crippen molar-refractivity contribution in [3.63, 3.8) is 0 Å². The third-order valence-corrected chi connectivity index (χ3v) is 3.79. The summed E-state index contributed by atoms with van der Waals surface area (Å²) in [6, 6.07) is 0. The monoisotopic (exact) mass is 186 g/mol. The van der Waals surface area contributed by atoms with E-state index in [0.29, 0.717) is 11.3 Å². The van der Waals surface area contributed by atoms with Crippen LogP contribution in [0.25, 0.3) is 0 Å². The molecule has 0 aromatic heterocycles. The SMILES string of the molecule is CC(CC(N)N)C(C)(C)C(C)(C)C. The van der Waals surface area contributed by atoms with Gasteiger partial charge in [0, 0.05) is 0 Å². The zero-order chi connectivity index (χ0) is 10.9. The molecular weight excluding hydrogens is 160 g/mol. The van der Waals surface area contributed by atoms with Crippen LogP contribution in [0.15, 0.2) is 0 Å². The number of nitrogens with two attached hydrogens (primary N) is 2. The summed E-state index contributed by atoms with van der Waals surface area (Å²) in [6.07, 6.45) is 0.709. The predicted molar refractivity (Wildman–Crippen MR) is 59.2 cm³/mol. The number of rotatable bonds is 3. The van der Waals surface area contributed by atoms with Gasteiger partial charge < -0.3 is 11.5 Å². The molecule has 0 spiro atoms. The molecular formula is C11H26N2. The Balaban J connectivity index is 4.45. The van der Waals surface area contributed by atoms with Gasteiger partial charge in [-0.3, -0.25) is 0 Å². The Morgan fingerprint density at radius 1 is 1.00 bits per heavy atom. The van der Waals surface area contributed by atoms with Gasteiger partial charge in [0.25, 0.3) is 0 Å². The molecule has 0 aliphatic rings. The van der Waals surface area contributed by atoms with Crippen LogP contribution < -0.4 is 11.5 Å². The van der Waals surface area contributed by atoms with Crippen LogP contribution in [-0.2, 0) is 0 Å². The molecule has 0 amide bonds. The van der Waals surface area contributed by atoms with E-state index >= 15 is 0 Å². The van der Waals surface area contributed by atoms with Gasteiger partial charge in [-0.05, 0) is 23.2 Å². The summed E-state index contributed by atoms with van der Waals surface area (Å²) >= 11 is 0. The second kappa shape index (κ2) is 3.97. The summed E-state index contributed by atoms with van der Waals surface area (Å²) < 4.78 is 0. The summed E-state index contributed by atoms with van der Waals surface area (Å²) in [7, 11) is 0. The van der Waals surface area contributed by atoms with E-state index in [4.69, 9.17) is 11.5 Å². The van der Waals surface area contributed by atoms with Crippen LogP contribution in [0.2, 0.25) is 0 Å². The van der Waals surface area contributed by atoms with Crippen molar-refractivity contribution in [2.75, 3.05) is 0 Å². The lowest BCUT2D eigenvalue weighted by Crippen LogP contribution is -2.41. The minimum atomic E-state index is -0.184. The van der Waals surface area contributed by atoms with Crippen molar-refractivity contribution in [3.8, 4) is 0 Å². The first-order valence-electron chi connectivity index (χ1n) is 5.10. The molecule has 0 aliphatic carbocycles. The zero-order valence-corrected chi connectivity index (χ0v) is 10.0. The highest BCUT2D eigenvalue weighted by molar-refractivity contribution is 4.87. The van der Waals surface area contributed by atoms with Gasteiger partial charge in [0.15, 0.2) is 0 Å². The Hall–Kier alpha value is -0.0800. The molecule has 4 N–H and O–H groups in total. The Labute approximate surface area is 83.1 Å². The van der Waals surface area contributed by atoms with Crippen LogP contribution in [0.3, 0.4) is 0 Å². The topological polar surface area (TPSA) is 52.0 Å². The lowest BCUT2D eigenvalue weighted by Gasteiger charge is -2.44. The highest BCUT2D eigenvalue weighted by Gasteiger charge is 2.37. The van der Waals surface area contributed by atoms with Crippen LogP contribution in [-0.4, -0.2) is 6.17 Å². The average molecular weight is 186 g/mol. The summed E-state index contributed by atoms with van der Waals surface area (Å²) in [5, 5.41) is 0. The summed E-state index contributed by atoms with van der Waals surface area (Å²) in [5.41, 5.74) is 11.8. The quantitative estimate of drug-likeness (QED) is 0.665. The van der Waals surface area contributed by atoms with Crippen molar-refractivity contribution < 1.29 is 0 Å². The van der Waals surface area contributed by atoms with Crippen molar-refractivity contribution in [2.24, 2.45) is 28.2 Å². The molecule has 0 saturated carbocycles. The predicted octanol–water partition coefficient (Wildman–Crippen LogP) is 2.33. The molecule has 0 fully saturated rings. The minimum absolute atomic E-state index is 0.184. The molecule has 80 valence electrons. The van der Waals surface area contributed by atoms with Gasteiger partial charge in [-0.2, -0.15) is 0 Å². The van der Waals surface area contributed by atoms with Crippen molar-refractivity contribution in [3.05, 3.63) is 0 Å². The van der Waals surface area contributed by atoms with E-state index in [1.807, 2.05) is 0 Å². The smallest absolute Gasteiger partial charge is 0.0523 e. The van der Waals surface area contributed by atoms with Crippen molar-refractivity contribution in [1.82, 2.24) is 0 Å². The second-order valence-electron chi connectivity index (χ2n) is 5.77. The first-order valence-corrected chi connectivity index (χ1v) is 5.10. The maximum Gasteiger partial charge on any atom is 0.0523 e. The Bertz CT molecular complexity index is 154. The fourth-order valence-corrected chi connectivity index (χ4v) is 1.44. The molecule has 0 aliphatic heterocycles. The summed E-state index contributed by atoms with van der Waals surface area (Å²) in [4.78, 5) is 0. The minimum Gasteiger partial charge on any atom is -0.316 e. The number of hydrogen-bond acceptors (Lipinski definition) is 2. The van der Waals surface area contributed by atoms with E-state index in [-0.39, 0.29) is 11.6 Å². The Morgan fingerprint density at radius 3 is 1.62 bits per heavy atom. The molecule has 2 nitrogen and oxygen atoms in total. The van der Waals surface area contributed by atoms with Gasteiger partial charge >= 0.3 is 0 Å². The molecule has 1 atom stereocenters. The van der Waals surface area contributed by atoms with Gasteiger partial charge in [-0.25, -0.2) is 0 Å². The first-order chi connectivity index (χ1) is 5.59. The van der Waals surface area contributed by atoms with Crippen molar-refractivity contribution >= 4 is 0 Å². The highest BCUT2D eigenvalue weighted by Crippen LogP contribution is 2.45. The molecule has 0 saturated heterocycles. The normalized spacial score (nSPS) is 16.4. The van der Waals surface area contributed by atoms with E-state index in [1.165, 1.54) is 0 Å². The maximum absolute atomic E-state index is 5.61. The van der Waals surface area contributed by atoms with E-state index in [0.717, 1.165) is 6.42 Å². The molecule has 13 heavy (non-hydrogen) atoms. The van der Waals surface area contributed by atoms with Gasteiger partial charge in [0.05, 0.1) is 6.17 Å². The van der Waals surface area contributed by atoms with Crippen molar-refractivity contribution in [1.29, 1.82) is 0 Å². The van der Waals surface area contributed by atoms with E-state index in [2.05, 4.69) is 41.5 Å². The largest absolute Gasteiger partial charge is 0.316 e. The highest BCUT2D eigenvalue weighted by atomic mass is 14.8. The van der Waals surface area contributed by atoms with Crippen LogP contribution in [0.5, 0.6) is 0 Å². The number of hydrogen-bond donors (Lipinski definition) is 2. The van der Waals surface area contributed by atoms with Gasteiger partial charge in [-0.15, -0.1) is 0 Å². The molecule has 0 aromatic rings. The first kappa shape index (κ1) is 12.9. The summed E-state index contributed by atoms with van der Waals surface area (Å²) in [5.74, 6) is 0.549. The average Bonchev–Trinajstić information content (AvgIpc) is 1.82. The van der Waals surface area contributed by atoms with Crippen LogP contribution >= 0.6 is 0 Å². The molecule has 0 bridgehead atoms. The Kier molecular flexibility index (Phi) is 3.95. The lowest BCUT2D eigenvalue weighted by molar-refractivity contribution is 0.0559. The Morgan fingerprint density at radius 2 is 1.38 bits per heavy atom. The van der Waals surface area contributed by atoms with Crippen LogP contribution in [0.4, 0.5) is 0 Å². The van der Waals surface area contributed by atoms with Crippen molar-refractivity contribution in [2.45, 2.75) is 54.1 Å². The molecule has 0 heterocycles. The third-order valence-electron chi connectivity index (χ3n) is 3.79. The van der Waals surface area contributed by atoms with Gasteiger partial charge in [0.2, 0.25) is 0 Å². The molecule has 0 rings (SSSR count). The fraction of sp³-hybridized carbons (Fsp3) is 1.00. The summed E-state index contributed by atoms with van der Waals surface area (Å²) in [6.45, 7) is 13.6.